The predicted octanol–water partition coefficient (Wildman–Crippen LogP) is -3.76. The molecule has 0 amide bonds. The number of likely N-dealkylation sites (N-methyl/N-ethyl adjacent to an activating group) is 1. The molecule has 0 fully saturated rings. The minimum absolute atomic E-state index is 0.294. The molecule has 0 saturated carbocycles. The lowest BCUT2D eigenvalue weighted by atomic mass is 10.4. The van der Waals surface area contributed by atoms with E-state index in [4.69, 9.17) is 10.2 Å². The van der Waals surface area contributed by atoms with Crippen LogP contribution in [0.3, 0.4) is 0 Å². The van der Waals surface area contributed by atoms with Crippen molar-refractivity contribution in [3.8, 4) is 0 Å². The van der Waals surface area contributed by atoms with Crippen LogP contribution in [0.15, 0.2) is 0 Å². The zero-order valence-electron chi connectivity index (χ0n) is 7.70. The smallest absolute Gasteiger partial charge is 0.100 e. The van der Waals surface area contributed by atoms with Gasteiger partial charge in [-0.1, -0.05) is 0 Å². The van der Waals surface area contributed by atoms with E-state index >= 15 is 0 Å². The summed E-state index contributed by atoms with van der Waals surface area (Å²) in [4.78, 5) is 10.6. The quantitative estimate of drug-likeness (QED) is 0.415. The maximum Gasteiger partial charge on any atom is 0.100 e. The maximum atomic E-state index is 9.34. The highest BCUT2D eigenvalue weighted by Gasteiger charge is 1.89. The Hall–Kier alpha value is -0.650. The van der Waals surface area contributed by atoms with E-state index in [9.17, 15) is 9.90 Å². The third-order valence-electron chi connectivity index (χ3n) is 0.953. The number of hydrogen-bond acceptors (Lipinski definition) is 4. The molecular weight excluding hydrogens is 162 g/mol. The molecule has 0 unspecified atom stereocenters. The summed E-state index contributed by atoms with van der Waals surface area (Å²) in [7, 11) is 4.02. The van der Waals surface area contributed by atoms with E-state index in [0.717, 1.165) is 13.5 Å². The predicted molar refractivity (Wildman–Crippen MR) is 41.5 cm³/mol. The molecule has 12 heavy (non-hydrogen) atoms. The number of nitrogens with one attached hydrogen (secondary N) is 1. The van der Waals surface area contributed by atoms with Crippen molar-refractivity contribution in [3.63, 3.8) is 0 Å². The fourth-order valence-corrected chi connectivity index (χ4v) is 0.224. The van der Waals surface area contributed by atoms with E-state index in [2.05, 4.69) is 0 Å². The van der Waals surface area contributed by atoms with Crippen LogP contribution in [-0.2, 0) is 4.79 Å². The van der Waals surface area contributed by atoms with Crippen molar-refractivity contribution in [1.29, 1.82) is 0 Å². The van der Waals surface area contributed by atoms with Gasteiger partial charge in [-0.2, -0.15) is 0 Å². The van der Waals surface area contributed by atoms with E-state index in [0.29, 0.717) is 6.61 Å². The average Bonchev–Trinajstić information content (AvgIpc) is 1.87. The molecule has 0 aromatic heterocycles. The summed E-state index contributed by atoms with van der Waals surface area (Å²) in [5.41, 5.74) is 0. The first-order chi connectivity index (χ1) is 5.41. The van der Waals surface area contributed by atoms with Crippen molar-refractivity contribution in [2.24, 2.45) is 0 Å². The van der Waals surface area contributed by atoms with Gasteiger partial charge in [0.25, 0.3) is 0 Å². The third kappa shape index (κ3) is 16.2. The van der Waals surface area contributed by atoms with Gasteiger partial charge in [0, 0.05) is 0 Å². The number of rotatable bonds is 3. The SMILES string of the molecule is C[C@@H](O)C(=O)[O-].C[NH+](C)CCO. The Morgan fingerprint density at radius 3 is 1.92 bits per heavy atom. The molecule has 0 aliphatic rings. The number of carbonyl (C=O) groups excluding carboxylic acids is 1. The highest BCUT2D eigenvalue weighted by atomic mass is 16.4. The third-order valence-corrected chi connectivity index (χ3v) is 0.953. The number of aliphatic hydroxyl groups excluding tert-OH is 2. The first kappa shape index (κ1) is 13.9. The maximum absolute atomic E-state index is 9.34. The molecule has 1 atom stereocenters. The average molecular weight is 179 g/mol. The molecule has 74 valence electrons. The lowest BCUT2D eigenvalue weighted by molar-refractivity contribution is -0.858. The topological polar surface area (TPSA) is 85.0 Å². The Morgan fingerprint density at radius 1 is 1.58 bits per heavy atom. The number of hydrogen-bond donors (Lipinski definition) is 3. The van der Waals surface area contributed by atoms with Crippen molar-refractivity contribution in [2.75, 3.05) is 27.2 Å². The van der Waals surface area contributed by atoms with Crippen LogP contribution in [-0.4, -0.2) is 49.5 Å². The van der Waals surface area contributed by atoms with Gasteiger partial charge in [0.1, 0.15) is 6.54 Å². The summed E-state index contributed by atoms with van der Waals surface area (Å²) in [6, 6.07) is 0. The second-order valence-electron chi connectivity index (χ2n) is 2.68. The summed E-state index contributed by atoms with van der Waals surface area (Å²) >= 11 is 0. The standard InChI is InChI=1S/C4H11NO.C3H6O3/c1-5(2)3-4-6;1-2(4)3(5)6/h6H,3-4H2,1-2H3;2,4H,1H3,(H,5,6)/t;2-/m.1/s1. The van der Waals surface area contributed by atoms with E-state index in [1.165, 1.54) is 4.90 Å². The molecule has 0 bridgehead atoms. The van der Waals surface area contributed by atoms with Gasteiger partial charge in [0.05, 0.1) is 32.8 Å². The van der Waals surface area contributed by atoms with E-state index < -0.39 is 12.1 Å². The molecule has 0 heterocycles. The summed E-state index contributed by atoms with van der Waals surface area (Å²) in [5, 5.41) is 25.5. The molecule has 0 radical (unpaired) electrons. The van der Waals surface area contributed by atoms with Crippen LogP contribution >= 0.6 is 0 Å². The minimum Gasteiger partial charge on any atom is -0.547 e. The Kier molecular flexibility index (Phi) is 9.79. The van der Waals surface area contributed by atoms with E-state index in [-0.39, 0.29) is 0 Å². The fourth-order valence-electron chi connectivity index (χ4n) is 0.224. The Balaban J connectivity index is 0. The van der Waals surface area contributed by atoms with Crippen molar-refractivity contribution in [2.45, 2.75) is 13.0 Å². The number of aliphatic hydroxyl groups is 2. The zero-order chi connectivity index (χ0) is 10.1. The molecule has 0 aromatic carbocycles. The van der Waals surface area contributed by atoms with Crippen LogP contribution in [0.4, 0.5) is 0 Å². The number of carboxylic acids is 1. The van der Waals surface area contributed by atoms with Crippen LogP contribution < -0.4 is 10.0 Å². The molecule has 0 spiro atoms. The van der Waals surface area contributed by atoms with Crippen molar-refractivity contribution in [1.82, 2.24) is 0 Å². The zero-order valence-corrected chi connectivity index (χ0v) is 7.70. The molecule has 5 nitrogen and oxygen atoms in total. The van der Waals surface area contributed by atoms with Gasteiger partial charge >= 0.3 is 0 Å². The van der Waals surface area contributed by atoms with E-state index in [1.54, 1.807) is 0 Å². The van der Waals surface area contributed by atoms with Gasteiger partial charge in [-0.05, 0) is 6.92 Å². The minimum atomic E-state index is -1.44. The van der Waals surface area contributed by atoms with Crippen LogP contribution in [0.5, 0.6) is 0 Å². The fraction of sp³-hybridized carbons (Fsp3) is 0.857. The molecule has 0 rings (SSSR count). The molecule has 0 saturated heterocycles. The monoisotopic (exact) mass is 179 g/mol. The van der Waals surface area contributed by atoms with Crippen LogP contribution in [0, 0.1) is 0 Å². The Bertz CT molecular complexity index is 114. The van der Waals surface area contributed by atoms with Crippen LogP contribution in [0.25, 0.3) is 0 Å². The Morgan fingerprint density at radius 2 is 1.92 bits per heavy atom. The van der Waals surface area contributed by atoms with Gasteiger partial charge in [-0.15, -0.1) is 0 Å². The number of carboxylic acid groups (broad SMARTS) is 1. The number of quaternary nitrogens is 1. The summed E-state index contributed by atoms with van der Waals surface area (Å²) < 4.78 is 0. The summed E-state index contributed by atoms with van der Waals surface area (Å²) in [5.74, 6) is -1.44. The van der Waals surface area contributed by atoms with E-state index in [1.807, 2.05) is 14.1 Å². The highest BCUT2D eigenvalue weighted by Crippen LogP contribution is 1.69. The molecule has 0 aliphatic carbocycles. The first-order valence-corrected chi connectivity index (χ1v) is 3.70. The second kappa shape index (κ2) is 8.45. The number of aliphatic carboxylic acids is 1. The van der Waals surface area contributed by atoms with Crippen molar-refractivity contribution >= 4 is 5.97 Å². The highest BCUT2D eigenvalue weighted by molar-refractivity contribution is 5.68. The summed E-state index contributed by atoms with van der Waals surface area (Å²) in [6.45, 7) is 2.28. The van der Waals surface area contributed by atoms with Gasteiger partial charge in [-0.25, -0.2) is 0 Å². The largest absolute Gasteiger partial charge is 0.547 e. The molecular formula is C7H17NO4. The van der Waals surface area contributed by atoms with Crippen LogP contribution in [0.1, 0.15) is 6.92 Å². The number of carbonyl (C=O) groups is 1. The summed E-state index contributed by atoms with van der Waals surface area (Å²) in [6.07, 6.45) is -1.34. The lowest BCUT2D eigenvalue weighted by Crippen LogP contribution is -3.06. The van der Waals surface area contributed by atoms with Gasteiger partial charge in [0.2, 0.25) is 0 Å². The normalized spacial score (nSPS) is 11.8. The first-order valence-electron chi connectivity index (χ1n) is 3.70. The Labute approximate surface area is 72.2 Å². The lowest BCUT2D eigenvalue weighted by Gasteiger charge is -2.00. The molecule has 0 aliphatic heterocycles. The molecule has 0 aromatic rings. The van der Waals surface area contributed by atoms with Gasteiger partial charge < -0.3 is 25.0 Å². The van der Waals surface area contributed by atoms with Gasteiger partial charge in [0.15, 0.2) is 0 Å². The molecule has 3 N–H and O–H groups in total. The van der Waals surface area contributed by atoms with Crippen molar-refractivity contribution in [3.05, 3.63) is 0 Å². The van der Waals surface area contributed by atoms with Gasteiger partial charge in [-0.3, -0.25) is 0 Å². The molecule has 5 heteroatoms. The van der Waals surface area contributed by atoms with Crippen LogP contribution in [0.2, 0.25) is 0 Å². The second-order valence-corrected chi connectivity index (χ2v) is 2.68. The van der Waals surface area contributed by atoms with Crippen molar-refractivity contribution < 1.29 is 25.0 Å².